The third-order valence-electron chi connectivity index (χ3n) is 13.5. The molecule has 2 fully saturated rings. The Morgan fingerprint density at radius 1 is 0.819 bits per heavy atom. The van der Waals surface area contributed by atoms with Crippen LogP contribution in [-0.4, -0.2) is 256 Å². The number of aliphatic hydroxyl groups is 1. The maximum atomic E-state index is 14.2. The summed E-state index contributed by atoms with van der Waals surface area (Å²) in [5.74, 6) is -11.2. The number of nitrogens with zero attached hydrogens (tertiary/aromatic N) is 8. The van der Waals surface area contributed by atoms with Crippen molar-refractivity contribution in [2.24, 2.45) is 10.7 Å². The van der Waals surface area contributed by atoms with Gasteiger partial charge in [0.15, 0.2) is 5.96 Å². The number of carbonyl (C=O) groups is 9. The minimum Gasteiger partial charge on any atom is -0.480 e. The number of rotatable bonds is 31. The number of aliphatic hydroxyl groups excluding tert-OH is 1. The first kappa shape index (κ1) is 67.6. The van der Waals surface area contributed by atoms with Crippen LogP contribution in [0.2, 0.25) is 0 Å². The number of hydrogen-bond acceptors (Lipinski definition) is 18. The highest BCUT2D eigenvalue weighted by Gasteiger charge is 2.47. The zero-order valence-electron chi connectivity index (χ0n) is 46.4. The predicted octanol–water partition coefficient (Wildman–Crippen LogP) is -2.39. The molecule has 5 atom stereocenters. The fourth-order valence-corrected chi connectivity index (χ4v) is 9.10. The van der Waals surface area contributed by atoms with Crippen molar-refractivity contribution >= 4 is 59.4 Å². The molecular formula is C52H76F2N14O15. The molecule has 2 saturated heterocycles. The van der Waals surface area contributed by atoms with Crippen molar-refractivity contribution in [3.05, 3.63) is 59.5 Å². The van der Waals surface area contributed by atoms with E-state index in [-0.39, 0.29) is 128 Å². The van der Waals surface area contributed by atoms with Crippen molar-refractivity contribution in [2.75, 3.05) is 106 Å². The molecule has 12 N–H and O–H groups in total. The summed E-state index contributed by atoms with van der Waals surface area (Å²) < 4.78 is 33.1. The molecule has 3 heterocycles. The van der Waals surface area contributed by atoms with Crippen molar-refractivity contribution in [1.82, 2.24) is 56.0 Å². The van der Waals surface area contributed by atoms with E-state index in [4.69, 9.17) is 10.2 Å². The molecule has 1 aromatic carbocycles. The smallest absolute Gasteiger partial charge is 0.320 e. The third kappa shape index (κ3) is 24.6. The first-order valence-corrected chi connectivity index (χ1v) is 26.8. The van der Waals surface area contributed by atoms with E-state index in [9.17, 15) is 82.7 Å². The fourth-order valence-electron chi connectivity index (χ4n) is 9.10. The minimum atomic E-state index is -3.21. The molecule has 2 aliphatic heterocycles. The number of guanidine groups is 1. The van der Waals surface area contributed by atoms with Gasteiger partial charge in [-0.1, -0.05) is 30.3 Å². The normalized spacial score (nSPS) is 18.0. The van der Waals surface area contributed by atoms with E-state index in [0.717, 1.165) is 11.2 Å². The summed E-state index contributed by atoms with van der Waals surface area (Å²) in [7, 11) is 3.38. The molecule has 0 aliphatic carbocycles. The quantitative estimate of drug-likeness (QED) is 0.0162. The van der Waals surface area contributed by atoms with Gasteiger partial charge in [0.25, 0.3) is 11.8 Å². The molecule has 0 saturated carbocycles. The van der Waals surface area contributed by atoms with Gasteiger partial charge in [-0.05, 0) is 37.3 Å². The van der Waals surface area contributed by atoms with Crippen molar-refractivity contribution in [1.29, 1.82) is 5.26 Å². The van der Waals surface area contributed by atoms with Gasteiger partial charge in [-0.2, -0.15) is 5.26 Å². The SMILES string of the molecule is CN(C)C(N)=NCCC[C@H](NC(=O)c1coc(CNC(=O)CCC(=O)N2CC(F)(F)C[C@H]2C#N)c1)C(=O)N[C@@H](Cc1ccccc1)C(=O)NCCNC(O)CCC(C(=O)O)N1CCN(CC(=O)O)CCN(CC(=O)O)CN(CC(=O)O)CC1. The minimum absolute atomic E-state index is 0.00224. The molecule has 2 aliphatic rings. The monoisotopic (exact) mass is 1170 g/mol. The maximum absolute atomic E-state index is 14.2. The number of carbonyl (C=O) groups excluding carboxylic acids is 5. The van der Waals surface area contributed by atoms with Crippen LogP contribution in [0, 0.1) is 11.3 Å². The van der Waals surface area contributed by atoms with Crippen LogP contribution in [0.1, 0.15) is 66.6 Å². The number of likely N-dealkylation sites (tertiary alicyclic amines) is 1. The van der Waals surface area contributed by atoms with Crippen LogP contribution in [0.4, 0.5) is 8.78 Å². The first-order chi connectivity index (χ1) is 39.3. The number of carboxylic acid groups (broad SMARTS) is 4. The lowest BCUT2D eigenvalue weighted by molar-refractivity contribution is -0.145. The van der Waals surface area contributed by atoms with Crippen LogP contribution >= 0.6 is 0 Å². The number of nitrogens with one attached hydrogen (secondary N) is 5. The average molecular weight is 1180 g/mol. The average Bonchev–Trinajstić information content (AvgIpc) is 4.27. The highest BCUT2D eigenvalue weighted by atomic mass is 19.3. The lowest BCUT2D eigenvalue weighted by Gasteiger charge is -2.33. The lowest BCUT2D eigenvalue weighted by Crippen LogP contribution is -2.55. The molecule has 83 heavy (non-hydrogen) atoms. The fraction of sp³-hybridized carbons (Fsp3) is 0.596. The van der Waals surface area contributed by atoms with Gasteiger partial charge in [0, 0.05) is 98.7 Å². The topological polar surface area (TPSA) is 410 Å². The predicted molar refractivity (Wildman–Crippen MR) is 290 cm³/mol. The van der Waals surface area contributed by atoms with Gasteiger partial charge in [0.05, 0.1) is 51.0 Å². The van der Waals surface area contributed by atoms with Crippen LogP contribution in [-0.2, 0) is 51.3 Å². The van der Waals surface area contributed by atoms with Crippen LogP contribution < -0.4 is 32.3 Å². The van der Waals surface area contributed by atoms with Crippen LogP contribution in [0.5, 0.6) is 0 Å². The van der Waals surface area contributed by atoms with E-state index >= 15 is 0 Å². The number of nitriles is 1. The van der Waals surface area contributed by atoms with Crippen molar-refractivity contribution < 1.29 is 81.9 Å². The third-order valence-corrected chi connectivity index (χ3v) is 13.5. The number of carboxylic acids is 4. The van der Waals surface area contributed by atoms with Gasteiger partial charge >= 0.3 is 23.9 Å². The van der Waals surface area contributed by atoms with E-state index in [2.05, 4.69) is 31.6 Å². The molecule has 2 unspecified atom stereocenters. The molecule has 0 spiro atoms. The van der Waals surface area contributed by atoms with E-state index in [1.165, 1.54) is 20.8 Å². The largest absolute Gasteiger partial charge is 0.480 e. The van der Waals surface area contributed by atoms with Gasteiger partial charge in [-0.25, -0.2) is 8.78 Å². The molecule has 0 bridgehead atoms. The van der Waals surface area contributed by atoms with Crippen molar-refractivity contribution in [3.63, 3.8) is 0 Å². The van der Waals surface area contributed by atoms with E-state index in [0.29, 0.717) is 5.56 Å². The summed E-state index contributed by atoms with van der Waals surface area (Å²) in [6.07, 6.45) is -1.75. The Bertz CT molecular complexity index is 2590. The number of alkyl halides is 2. The Balaban J connectivity index is 1.38. The number of furan rings is 1. The summed E-state index contributed by atoms with van der Waals surface area (Å²) in [6, 6.07) is 6.74. The molecule has 2 aromatic rings. The number of hydrogen-bond donors (Lipinski definition) is 11. The second-order valence-electron chi connectivity index (χ2n) is 20.3. The molecule has 4 rings (SSSR count). The zero-order chi connectivity index (χ0) is 61.2. The van der Waals surface area contributed by atoms with E-state index in [1.807, 2.05) is 0 Å². The standard InChI is InChI=1S/C52H76F2N14O15/c1-63(2)51(56)59-14-6-9-38(61-47(78)35-24-37(83-31-35)27-60-42(70)12-13-43(71)68-32-52(53,54)25-36(68)26-55)49(80)62-39(23-34-7-4-3-5-8-34)48(79)58-16-15-57-41(69)11-10-40(50(81)82)67-21-19-64(28-44(72)73)17-18-65(29-45(74)75)33-66(20-22-67)30-46(76)77/h3-5,7-8,24,31,36,38-41,57,69H,6,9-23,25,27-30,32-33H2,1-2H3,(H2,56,59)(H,58,79)(H,60,70)(H,61,78)(H,62,80)(H,72,73)(H,74,75)(H,76,77)(H,81,82)/t36-,38-,39-,40?,41?/m0/s1. The highest BCUT2D eigenvalue weighted by Crippen LogP contribution is 2.32. The highest BCUT2D eigenvalue weighted by molar-refractivity contribution is 5.98. The molecule has 1 aromatic heterocycles. The van der Waals surface area contributed by atoms with E-state index < -0.39 is 129 Å². The van der Waals surface area contributed by atoms with Gasteiger partial charge in [-0.15, -0.1) is 0 Å². The molecule has 31 heteroatoms. The molecule has 29 nitrogen and oxygen atoms in total. The second-order valence-corrected chi connectivity index (χ2v) is 20.3. The first-order valence-electron chi connectivity index (χ1n) is 26.8. The van der Waals surface area contributed by atoms with Gasteiger partial charge < -0.3 is 66.8 Å². The molecule has 5 amide bonds. The zero-order valence-corrected chi connectivity index (χ0v) is 46.4. The van der Waals surface area contributed by atoms with Crippen molar-refractivity contribution in [2.45, 2.75) is 94.2 Å². The number of halogens is 2. The Labute approximate surface area is 477 Å². The van der Waals surface area contributed by atoms with Gasteiger partial charge in [0.2, 0.25) is 23.6 Å². The Kier molecular flexibility index (Phi) is 27.6. The number of aliphatic carboxylic acids is 4. The number of amides is 5. The van der Waals surface area contributed by atoms with Crippen molar-refractivity contribution in [3.8, 4) is 6.07 Å². The van der Waals surface area contributed by atoms with Crippen LogP contribution in [0.25, 0.3) is 0 Å². The number of nitrogens with two attached hydrogens (primary N) is 1. The number of aliphatic imine (C=N–C) groups is 1. The summed E-state index contributed by atoms with van der Waals surface area (Å²) in [4.78, 5) is 127. The van der Waals surface area contributed by atoms with Crippen LogP contribution in [0.15, 0.2) is 52.1 Å². The molecule has 458 valence electrons. The summed E-state index contributed by atoms with van der Waals surface area (Å²) in [5.41, 5.74) is 6.58. The van der Waals surface area contributed by atoms with Crippen LogP contribution in [0.3, 0.4) is 0 Å². The lowest BCUT2D eigenvalue weighted by atomic mass is 10.0. The Morgan fingerprint density at radius 2 is 1.45 bits per heavy atom. The summed E-state index contributed by atoms with van der Waals surface area (Å²) >= 11 is 0. The summed E-state index contributed by atoms with van der Waals surface area (Å²) in [5, 5.41) is 72.7. The second kappa shape index (κ2) is 33.9. The van der Waals surface area contributed by atoms with Gasteiger partial charge in [0.1, 0.15) is 42.4 Å². The Hall–Kier alpha value is -7.89. The van der Waals surface area contributed by atoms with E-state index in [1.54, 1.807) is 60.3 Å². The Morgan fingerprint density at radius 3 is 2.07 bits per heavy atom. The molecule has 0 radical (unpaired) electrons. The summed E-state index contributed by atoms with van der Waals surface area (Å²) in [6.45, 7) is -2.23. The molecular weight excluding hydrogens is 1100 g/mol. The number of benzene rings is 1. The van der Waals surface area contributed by atoms with Gasteiger partial charge in [-0.3, -0.25) is 73.1 Å². The maximum Gasteiger partial charge on any atom is 0.320 e.